The molecule has 5 atom stereocenters. The summed E-state index contributed by atoms with van der Waals surface area (Å²) < 4.78 is 12.1. The third-order valence-electron chi connectivity index (χ3n) is 8.83. The molecule has 1 fully saturated rings. The van der Waals surface area contributed by atoms with Crippen molar-refractivity contribution in [3.8, 4) is 0 Å². The Bertz CT molecular complexity index is 948. The molecule has 0 bridgehead atoms. The maximum atomic E-state index is 13.0. The van der Waals surface area contributed by atoms with Crippen molar-refractivity contribution < 1.29 is 28.8 Å². The predicted octanol–water partition coefficient (Wildman–Crippen LogP) is 4.02. The lowest BCUT2D eigenvalue weighted by Crippen LogP contribution is -2.48. The molecule has 0 aromatic heterocycles. The smallest absolute Gasteiger partial charge is 0.481 e. The van der Waals surface area contributed by atoms with Crippen LogP contribution in [-0.2, 0) is 18.9 Å². The molecule has 9 heteroatoms. The van der Waals surface area contributed by atoms with E-state index in [0.29, 0.717) is 29.9 Å². The normalized spacial score (nSPS) is 20.2. The van der Waals surface area contributed by atoms with E-state index in [0.717, 1.165) is 11.9 Å². The van der Waals surface area contributed by atoms with Crippen LogP contribution in [0.4, 0.5) is 0 Å². The lowest BCUT2D eigenvalue weighted by molar-refractivity contribution is -0.137. The summed E-state index contributed by atoms with van der Waals surface area (Å²) in [6.07, 6.45) is 0.883. The topological polar surface area (TPSA) is 114 Å². The van der Waals surface area contributed by atoms with E-state index >= 15 is 0 Å². The summed E-state index contributed by atoms with van der Waals surface area (Å²) in [6, 6.07) is 5.90. The number of nitrogens with one attached hydrogen (secondary N) is 2. The van der Waals surface area contributed by atoms with Crippen LogP contribution in [0.2, 0.25) is 0 Å². The molecule has 3 N–H and O–H groups in total. The lowest BCUT2D eigenvalue weighted by Gasteiger charge is -2.32. The van der Waals surface area contributed by atoms with Gasteiger partial charge in [-0.2, -0.15) is 0 Å². The second-order valence-electron chi connectivity index (χ2n) is 12.0. The molecule has 1 aliphatic rings. The van der Waals surface area contributed by atoms with Gasteiger partial charge < -0.3 is 25.0 Å². The second kappa shape index (κ2) is 13.1. The van der Waals surface area contributed by atoms with Crippen molar-refractivity contribution in [1.82, 2.24) is 10.6 Å². The highest BCUT2D eigenvalue weighted by molar-refractivity contribution is 6.62. The Morgan fingerprint density at radius 2 is 1.45 bits per heavy atom. The summed E-state index contributed by atoms with van der Waals surface area (Å²) in [6.45, 7) is 19.3. The average Bonchev–Trinajstić information content (AvgIpc) is 3.09. The largest absolute Gasteiger partial charge is 0.494 e. The first-order chi connectivity index (χ1) is 17.6. The zero-order valence-corrected chi connectivity index (χ0v) is 24.6. The summed E-state index contributed by atoms with van der Waals surface area (Å²) in [4.78, 5) is 37.2. The minimum Gasteiger partial charge on any atom is -0.481 e. The Morgan fingerprint density at radius 3 is 1.95 bits per heavy atom. The predicted molar refractivity (Wildman–Crippen MR) is 150 cm³/mol. The maximum absolute atomic E-state index is 13.0. The summed E-state index contributed by atoms with van der Waals surface area (Å²) in [5.41, 5.74) is 0.206. The summed E-state index contributed by atoms with van der Waals surface area (Å²) in [7, 11) is -0.543. The first-order valence-corrected chi connectivity index (χ1v) is 13.9. The Hall–Kier alpha value is -2.39. The van der Waals surface area contributed by atoms with Gasteiger partial charge in [0.25, 0.3) is 5.91 Å². The Balaban J connectivity index is 2.04. The van der Waals surface area contributed by atoms with Crippen molar-refractivity contribution in [3.05, 3.63) is 29.8 Å². The number of carbonyl (C=O) groups excluding carboxylic acids is 2. The van der Waals surface area contributed by atoms with Gasteiger partial charge in [0.1, 0.15) is 6.04 Å². The van der Waals surface area contributed by atoms with E-state index in [1.54, 1.807) is 24.3 Å². The third-order valence-corrected chi connectivity index (χ3v) is 8.83. The highest BCUT2D eigenvalue weighted by Crippen LogP contribution is 2.36. The molecule has 1 heterocycles. The Labute approximate surface area is 228 Å². The Kier molecular flexibility index (Phi) is 11.0. The SMILES string of the molecule is CC[C@H](C)[C@H](C)[C@@H](C)[C@H](C)CNC(=O)[C@H](CCC(=O)O)NC(=O)c1ccc(B2OC(C)(C)C(C)(C)O2)cc1. The molecule has 0 unspecified atom stereocenters. The zero-order chi connectivity index (χ0) is 28.8. The standard InChI is InChI=1S/C29H47BN2O6/c1-10-18(2)20(4)21(5)19(3)17-31-27(36)24(15-16-25(33)34)32-26(35)22-11-13-23(14-12-22)30-37-28(6,7)29(8,9)38-30/h11-14,18-21,24H,10,15-17H2,1-9H3,(H,31,36)(H,32,35)(H,33,34)/t18-,19+,20-,21-,24-/m0/s1. The average molecular weight is 531 g/mol. The van der Waals surface area contributed by atoms with Gasteiger partial charge in [0.2, 0.25) is 5.91 Å². The van der Waals surface area contributed by atoms with Gasteiger partial charge in [0.05, 0.1) is 11.2 Å². The van der Waals surface area contributed by atoms with Gasteiger partial charge in [-0.05, 0) is 75.4 Å². The monoisotopic (exact) mass is 530 g/mol. The van der Waals surface area contributed by atoms with Crippen molar-refractivity contribution in [2.24, 2.45) is 23.7 Å². The van der Waals surface area contributed by atoms with Crippen molar-refractivity contribution >= 4 is 30.4 Å². The first-order valence-electron chi connectivity index (χ1n) is 13.9. The molecular weight excluding hydrogens is 483 g/mol. The fourth-order valence-corrected chi connectivity index (χ4v) is 4.53. The van der Waals surface area contributed by atoms with E-state index in [4.69, 9.17) is 14.4 Å². The third kappa shape index (κ3) is 8.06. The number of hydrogen-bond donors (Lipinski definition) is 3. The highest BCUT2D eigenvalue weighted by atomic mass is 16.7. The summed E-state index contributed by atoms with van der Waals surface area (Å²) in [5, 5.41) is 14.8. The van der Waals surface area contributed by atoms with Crippen LogP contribution in [0.15, 0.2) is 24.3 Å². The molecule has 0 spiro atoms. The van der Waals surface area contributed by atoms with Crippen LogP contribution in [0.5, 0.6) is 0 Å². The fraction of sp³-hybridized carbons (Fsp3) is 0.690. The van der Waals surface area contributed by atoms with Gasteiger partial charge >= 0.3 is 13.1 Å². The highest BCUT2D eigenvalue weighted by Gasteiger charge is 2.51. The van der Waals surface area contributed by atoms with Crippen LogP contribution in [0.25, 0.3) is 0 Å². The number of hydrogen-bond acceptors (Lipinski definition) is 5. The number of amides is 2. The second-order valence-corrected chi connectivity index (χ2v) is 12.0. The van der Waals surface area contributed by atoms with Crippen LogP contribution in [-0.4, -0.2) is 53.8 Å². The number of benzene rings is 1. The van der Waals surface area contributed by atoms with Gasteiger partial charge in [-0.25, -0.2) is 0 Å². The van der Waals surface area contributed by atoms with E-state index in [-0.39, 0.29) is 24.7 Å². The van der Waals surface area contributed by atoms with Gasteiger partial charge in [0.15, 0.2) is 0 Å². The van der Waals surface area contributed by atoms with Gasteiger partial charge in [-0.15, -0.1) is 0 Å². The van der Waals surface area contributed by atoms with Gasteiger partial charge in [-0.1, -0.05) is 53.2 Å². The maximum Gasteiger partial charge on any atom is 0.494 e. The lowest BCUT2D eigenvalue weighted by atomic mass is 9.77. The van der Waals surface area contributed by atoms with E-state index in [1.165, 1.54) is 0 Å². The molecule has 212 valence electrons. The molecule has 38 heavy (non-hydrogen) atoms. The van der Waals surface area contributed by atoms with Crippen LogP contribution >= 0.6 is 0 Å². The Morgan fingerprint density at radius 1 is 0.921 bits per heavy atom. The number of carboxylic acids is 1. The molecule has 8 nitrogen and oxygen atoms in total. The van der Waals surface area contributed by atoms with Crippen LogP contribution in [0, 0.1) is 23.7 Å². The van der Waals surface area contributed by atoms with Crippen molar-refractivity contribution in [3.63, 3.8) is 0 Å². The van der Waals surface area contributed by atoms with Crippen LogP contribution < -0.4 is 16.1 Å². The molecule has 2 amide bonds. The van der Waals surface area contributed by atoms with Crippen molar-refractivity contribution in [1.29, 1.82) is 0 Å². The zero-order valence-electron chi connectivity index (χ0n) is 24.6. The van der Waals surface area contributed by atoms with E-state index in [2.05, 4.69) is 45.3 Å². The molecule has 1 aliphatic heterocycles. The summed E-state index contributed by atoms with van der Waals surface area (Å²) in [5.74, 6) is -0.0998. The molecule has 0 aliphatic carbocycles. The quantitative estimate of drug-likeness (QED) is 0.332. The molecule has 0 saturated carbocycles. The van der Waals surface area contributed by atoms with Crippen molar-refractivity contribution in [2.75, 3.05) is 6.54 Å². The minimum absolute atomic E-state index is 0.00607. The molecular formula is C29H47BN2O6. The molecule has 1 aromatic rings. The minimum atomic E-state index is -1.02. The van der Waals surface area contributed by atoms with E-state index < -0.39 is 36.2 Å². The van der Waals surface area contributed by atoms with Crippen molar-refractivity contribution in [2.45, 2.75) is 98.8 Å². The van der Waals surface area contributed by atoms with Gasteiger partial charge in [-0.3, -0.25) is 14.4 Å². The molecule has 1 saturated heterocycles. The number of rotatable bonds is 13. The number of carbonyl (C=O) groups is 3. The summed E-state index contributed by atoms with van der Waals surface area (Å²) >= 11 is 0. The van der Waals surface area contributed by atoms with E-state index in [1.807, 2.05) is 27.7 Å². The number of carboxylic acid groups (broad SMARTS) is 1. The molecule has 0 radical (unpaired) electrons. The van der Waals surface area contributed by atoms with Gasteiger partial charge in [0, 0.05) is 18.5 Å². The van der Waals surface area contributed by atoms with Crippen LogP contribution in [0.1, 0.15) is 91.9 Å². The molecule has 1 aromatic carbocycles. The first kappa shape index (κ1) is 31.8. The van der Waals surface area contributed by atoms with Crippen LogP contribution in [0.3, 0.4) is 0 Å². The molecule has 2 rings (SSSR count). The fourth-order valence-electron chi connectivity index (χ4n) is 4.53. The van der Waals surface area contributed by atoms with E-state index in [9.17, 15) is 14.4 Å². The number of aliphatic carboxylic acids is 1.